The van der Waals surface area contributed by atoms with Crippen molar-refractivity contribution >= 4 is 40.6 Å². The van der Waals surface area contributed by atoms with Crippen LogP contribution in [0.15, 0.2) is 57.9 Å². The van der Waals surface area contributed by atoms with E-state index in [0.29, 0.717) is 32.4 Å². The van der Waals surface area contributed by atoms with Crippen molar-refractivity contribution in [3.05, 3.63) is 74.8 Å². The third-order valence-electron chi connectivity index (χ3n) is 5.55. The van der Waals surface area contributed by atoms with Gasteiger partial charge in [-0.25, -0.2) is 18.4 Å². The number of hydrogen-bond donors (Lipinski definition) is 1. The lowest BCUT2D eigenvalue weighted by Crippen LogP contribution is -2.36. The van der Waals surface area contributed by atoms with Gasteiger partial charge in [0.1, 0.15) is 11.9 Å². The Morgan fingerprint density at radius 1 is 1.32 bits per heavy atom. The average Bonchev–Trinajstić information content (AvgIpc) is 3.53. The molecule has 0 bridgehead atoms. The second kappa shape index (κ2) is 8.51. The Balaban J connectivity index is 1.76. The summed E-state index contributed by atoms with van der Waals surface area (Å²) in [6.07, 6.45) is 3.22. The average molecular weight is 511 g/mol. The van der Waals surface area contributed by atoms with Crippen molar-refractivity contribution in [2.75, 3.05) is 6.54 Å². The zero-order valence-corrected chi connectivity index (χ0v) is 18.7. The standard InChI is InChI=1S/C21H15ClF4N6OS/c22-13-7-11(23)1-2-12(13)17-16(14-3-5-32(30-14)20(24)25)15-8-21(26,9-28-33)10-31(15)18(29-17)19-27-4-6-34-19/h1-7,9,17,20,33H,8,10H2/b28-9+/t17-,21+/m0/s1. The van der Waals surface area contributed by atoms with Crippen LogP contribution in [0.2, 0.25) is 5.02 Å². The fraction of sp³-hybridized carbons (Fsp3) is 0.238. The maximum Gasteiger partial charge on any atom is 0.333 e. The fourth-order valence-electron chi connectivity index (χ4n) is 4.17. The van der Waals surface area contributed by atoms with Crippen LogP contribution in [0.1, 0.15) is 35.3 Å². The first-order valence-electron chi connectivity index (χ1n) is 9.94. The minimum Gasteiger partial charge on any atom is -0.411 e. The zero-order chi connectivity index (χ0) is 24.0. The van der Waals surface area contributed by atoms with Crippen molar-refractivity contribution in [1.29, 1.82) is 0 Å². The largest absolute Gasteiger partial charge is 0.411 e. The van der Waals surface area contributed by atoms with E-state index in [-0.39, 0.29) is 23.7 Å². The molecule has 4 heterocycles. The van der Waals surface area contributed by atoms with Crippen LogP contribution < -0.4 is 0 Å². The number of fused-ring (bicyclic) bond motifs is 1. The summed E-state index contributed by atoms with van der Waals surface area (Å²) in [4.78, 5) is 10.6. The van der Waals surface area contributed by atoms with E-state index in [1.165, 1.54) is 29.5 Å². The van der Waals surface area contributed by atoms with Crippen LogP contribution in [0.5, 0.6) is 0 Å². The molecule has 1 N–H and O–H groups in total. The normalized spacial score (nSPS) is 22.7. The van der Waals surface area contributed by atoms with Gasteiger partial charge in [-0.2, -0.15) is 13.9 Å². The van der Waals surface area contributed by atoms with Gasteiger partial charge in [0, 0.05) is 46.1 Å². The lowest BCUT2D eigenvalue weighted by Gasteiger charge is -2.32. The van der Waals surface area contributed by atoms with Crippen LogP contribution in [0.3, 0.4) is 0 Å². The summed E-state index contributed by atoms with van der Waals surface area (Å²) in [6, 6.07) is 4.23. The number of nitrogens with zero attached hydrogens (tertiary/aromatic N) is 6. The zero-order valence-electron chi connectivity index (χ0n) is 17.1. The van der Waals surface area contributed by atoms with Gasteiger partial charge >= 0.3 is 6.55 Å². The quantitative estimate of drug-likeness (QED) is 0.218. The second-order valence-corrected chi connectivity index (χ2v) is 9.02. The van der Waals surface area contributed by atoms with Crippen LogP contribution in [0, 0.1) is 5.82 Å². The number of aliphatic imine (C=N–C) groups is 1. The smallest absolute Gasteiger partial charge is 0.333 e. The minimum absolute atomic E-state index is 0.0634. The number of hydrogen-bond acceptors (Lipinski definition) is 7. The van der Waals surface area contributed by atoms with Crippen molar-refractivity contribution < 1.29 is 22.8 Å². The molecule has 5 rings (SSSR count). The molecular formula is C21H15ClF4N6OS. The maximum atomic E-state index is 15.6. The number of aromatic nitrogens is 3. The topological polar surface area (TPSA) is 78.9 Å². The summed E-state index contributed by atoms with van der Waals surface area (Å²) in [5, 5.41) is 18.2. The highest BCUT2D eigenvalue weighted by Crippen LogP contribution is 2.48. The maximum absolute atomic E-state index is 15.6. The van der Waals surface area contributed by atoms with E-state index in [1.54, 1.807) is 16.5 Å². The number of amidine groups is 1. The summed E-state index contributed by atoms with van der Waals surface area (Å²) in [5.41, 5.74) is -0.817. The molecule has 7 nitrogen and oxygen atoms in total. The molecule has 0 amide bonds. The molecule has 176 valence electrons. The molecule has 0 spiro atoms. The summed E-state index contributed by atoms with van der Waals surface area (Å²) >= 11 is 7.64. The van der Waals surface area contributed by atoms with Gasteiger partial charge in [0.15, 0.2) is 16.5 Å². The molecule has 0 aliphatic carbocycles. The predicted octanol–water partition coefficient (Wildman–Crippen LogP) is 5.31. The fourth-order valence-corrected chi connectivity index (χ4v) is 5.08. The van der Waals surface area contributed by atoms with E-state index in [9.17, 15) is 13.2 Å². The summed E-state index contributed by atoms with van der Waals surface area (Å²) < 4.78 is 56.5. The predicted molar refractivity (Wildman–Crippen MR) is 119 cm³/mol. The van der Waals surface area contributed by atoms with Gasteiger partial charge < -0.3 is 10.1 Å². The molecule has 0 unspecified atom stereocenters. The lowest BCUT2D eigenvalue weighted by atomic mass is 9.91. The first kappa shape index (κ1) is 22.5. The van der Waals surface area contributed by atoms with Crippen LogP contribution in [-0.4, -0.2) is 49.1 Å². The summed E-state index contributed by atoms with van der Waals surface area (Å²) in [6.45, 7) is -3.13. The van der Waals surface area contributed by atoms with Gasteiger partial charge in [0.25, 0.3) is 0 Å². The number of rotatable bonds is 5. The van der Waals surface area contributed by atoms with Crippen LogP contribution in [0.25, 0.3) is 5.57 Å². The Kier molecular flexibility index (Phi) is 5.64. The Labute approximate surface area is 199 Å². The van der Waals surface area contributed by atoms with Crippen molar-refractivity contribution in [3.63, 3.8) is 0 Å². The molecule has 13 heteroatoms. The van der Waals surface area contributed by atoms with Crippen LogP contribution >= 0.6 is 22.9 Å². The van der Waals surface area contributed by atoms with E-state index in [1.807, 2.05) is 0 Å². The first-order valence-corrected chi connectivity index (χ1v) is 11.2. The Morgan fingerprint density at radius 3 is 2.79 bits per heavy atom. The number of allylic oxidation sites excluding steroid dienone is 1. The molecule has 0 saturated carbocycles. The van der Waals surface area contributed by atoms with Crippen molar-refractivity contribution in [1.82, 2.24) is 19.7 Å². The molecule has 1 aromatic carbocycles. The molecule has 0 radical (unpaired) electrons. The third kappa shape index (κ3) is 3.86. The molecule has 1 fully saturated rings. The molecule has 2 atom stereocenters. The van der Waals surface area contributed by atoms with Gasteiger partial charge in [0.2, 0.25) is 0 Å². The van der Waals surface area contributed by atoms with Crippen molar-refractivity contribution in [2.45, 2.75) is 24.7 Å². The van der Waals surface area contributed by atoms with Crippen LogP contribution in [-0.2, 0) is 0 Å². The van der Waals surface area contributed by atoms with Gasteiger partial charge in [-0.05, 0) is 18.2 Å². The van der Waals surface area contributed by atoms with Gasteiger partial charge in [-0.15, -0.1) is 11.3 Å². The van der Waals surface area contributed by atoms with E-state index in [2.05, 4.69) is 15.2 Å². The lowest BCUT2D eigenvalue weighted by molar-refractivity contribution is 0.0564. The monoisotopic (exact) mass is 510 g/mol. The Hall–Kier alpha value is -3.25. The number of thiazole rings is 1. The number of oxime groups is 1. The van der Waals surface area contributed by atoms with Gasteiger partial charge in [0.05, 0.1) is 18.5 Å². The molecule has 1 saturated heterocycles. The van der Waals surface area contributed by atoms with E-state index in [0.717, 1.165) is 18.5 Å². The Bertz CT molecular complexity index is 1320. The second-order valence-electron chi connectivity index (χ2n) is 7.72. The summed E-state index contributed by atoms with van der Waals surface area (Å²) in [7, 11) is 0. The molecule has 34 heavy (non-hydrogen) atoms. The van der Waals surface area contributed by atoms with E-state index >= 15 is 4.39 Å². The Morgan fingerprint density at radius 2 is 2.15 bits per heavy atom. The SMILES string of the molecule is O/N=C/[C@]1(F)CC2=C(c3ccn(C(F)F)n3)[C@H](c3ccc(F)cc3Cl)N=C(c3nccs3)N2C1. The van der Waals surface area contributed by atoms with Gasteiger partial charge in [-0.3, -0.25) is 4.99 Å². The minimum atomic E-state index is -2.88. The highest BCUT2D eigenvalue weighted by molar-refractivity contribution is 7.11. The highest BCUT2D eigenvalue weighted by Gasteiger charge is 2.48. The van der Waals surface area contributed by atoms with E-state index < -0.39 is 24.1 Å². The third-order valence-corrected chi connectivity index (χ3v) is 6.65. The number of alkyl halides is 3. The molecule has 2 aromatic heterocycles. The van der Waals surface area contributed by atoms with Crippen LogP contribution in [0.4, 0.5) is 17.6 Å². The molecule has 2 aliphatic heterocycles. The molecule has 2 aliphatic rings. The first-order chi connectivity index (χ1) is 16.3. The summed E-state index contributed by atoms with van der Waals surface area (Å²) in [5.74, 6) is -0.229. The van der Waals surface area contributed by atoms with Crippen molar-refractivity contribution in [2.24, 2.45) is 10.1 Å². The number of halogens is 5. The molecule has 3 aromatic rings. The number of benzene rings is 1. The molecular weight excluding hydrogens is 496 g/mol. The highest BCUT2D eigenvalue weighted by atomic mass is 35.5. The van der Waals surface area contributed by atoms with Gasteiger partial charge in [-0.1, -0.05) is 22.8 Å². The van der Waals surface area contributed by atoms with Crippen molar-refractivity contribution in [3.8, 4) is 0 Å². The van der Waals surface area contributed by atoms with E-state index in [4.69, 9.17) is 21.8 Å².